The van der Waals surface area contributed by atoms with Crippen molar-refractivity contribution in [3.8, 4) is 0 Å². The molecular formula is C17H20N2O4S. The largest absolute Gasteiger partial charge is 0.438 e. The van der Waals surface area contributed by atoms with Crippen LogP contribution in [0.2, 0.25) is 0 Å². The summed E-state index contributed by atoms with van der Waals surface area (Å²) in [6, 6.07) is 10.6. The molecule has 0 radical (unpaired) electrons. The minimum atomic E-state index is -3.70. The molecule has 7 heteroatoms. The maximum atomic E-state index is 12.4. The SMILES string of the molecule is CNS(=O)(=O)c1ccc(C(=O)N[C@@H](c2ccc(C)cc2)C2CC2)o1. The third-order valence-electron chi connectivity index (χ3n) is 4.16. The number of aryl methyl sites for hydroxylation is 1. The number of amides is 1. The lowest BCUT2D eigenvalue weighted by Gasteiger charge is -2.18. The Morgan fingerprint density at radius 3 is 2.42 bits per heavy atom. The summed E-state index contributed by atoms with van der Waals surface area (Å²) in [6.45, 7) is 2.01. The first-order valence-electron chi connectivity index (χ1n) is 7.81. The van der Waals surface area contributed by atoms with Crippen LogP contribution in [-0.2, 0) is 10.0 Å². The number of rotatable bonds is 6. The van der Waals surface area contributed by atoms with Crippen LogP contribution in [0.1, 0.15) is 40.6 Å². The van der Waals surface area contributed by atoms with E-state index in [9.17, 15) is 13.2 Å². The summed E-state index contributed by atoms with van der Waals surface area (Å²) in [5.74, 6) is -0.0151. The van der Waals surface area contributed by atoms with Crippen LogP contribution in [0.5, 0.6) is 0 Å². The van der Waals surface area contributed by atoms with E-state index in [1.54, 1.807) is 0 Å². The highest BCUT2D eigenvalue weighted by Crippen LogP contribution is 2.41. The molecule has 1 aromatic heterocycles. The maximum Gasteiger partial charge on any atom is 0.287 e. The number of furan rings is 1. The minimum Gasteiger partial charge on any atom is -0.438 e. The molecule has 3 rings (SSSR count). The van der Waals surface area contributed by atoms with Crippen molar-refractivity contribution in [3.05, 3.63) is 53.3 Å². The van der Waals surface area contributed by atoms with Gasteiger partial charge in [0.1, 0.15) is 0 Å². The second kappa shape index (κ2) is 6.41. The molecule has 1 heterocycles. The third kappa shape index (κ3) is 3.52. The normalized spacial score (nSPS) is 15.9. The Morgan fingerprint density at radius 1 is 1.17 bits per heavy atom. The van der Waals surface area contributed by atoms with Crippen molar-refractivity contribution in [1.82, 2.24) is 10.0 Å². The average Bonchev–Trinajstić information content (AvgIpc) is 3.28. The molecule has 1 aliphatic rings. The van der Waals surface area contributed by atoms with Crippen LogP contribution in [0.15, 0.2) is 45.9 Å². The Bertz CT molecular complexity index is 836. The first-order valence-corrected chi connectivity index (χ1v) is 9.30. The molecule has 6 nitrogen and oxygen atoms in total. The summed E-state index contributed by atoms with van der Waals surface area (Å²) in [7, 11) is -2.41. The Morgan fingerprint density at radius 2 is 1.83 bits per heavy atom. The average molecular weight is 348 g/mol. The van der Waals surface area contributed by atoms with Crippen molar-refractivity contribution in [2.24, 2.45) is 5.92 Å². The van der Waals surface area contributed by atoms with E-state index >= 15 is 0 Å². The van der Waals surface area contributed by atoms with Crippen LogP contribution in [0, 0.1) is 12.8 Å². The molecule has 24 heavy (non-hydrogen) atoms. The molecule has 1 aromatic carbocycles. The predicted molar refractivity (Wildman–Crippen MR) is 89.1 cm³/mol. The maximum absolute atomic E-state index is 12.4. The van der Waals surface area contributed by atoms with Crippen LogP contribution in [0.4, 0.5) is 0 Å². The van der Waals surface area contributed by atoms with E-state index in [1.165, 1.54) is 19.2 Å². The zero-order valence-electron chi connectivity index (χ0n) is 13.6. The van der Waals surface area contributed by atoms with Gasteiger partial charge < -0.3 is 9.73 Å². The molecule has 0 bridgehead atoms. The van der Waals surface area contributed by atoms with Crippen LogP contribution in [0.25, 0.3) is 0 Å². The van der Waals surface area contributed by atoms with Crippen molar-refractivity contribution >= 4 is 15.9 Å². The molecule has 0 saturated heterocycles. The molecule has 2 N–H and O–H groups in total. The number of benzene rings is 1. The lowest BCUT2D eigenvalue weighted by atomic mass is 10.0. The number of sulfonamides is 1. The van der Waals surface area contributed by atoms with Gasteiger partial charge in [-0.1, -0.05) is 29.8 Å². The first-order chi connectivity index (χ1) is 11.4. The standard InChI is InChI=1S/C17H20N2O4S/c1-11-3-5-12(6-4-11)16(13-7-8-13)19-17(20)14-9-10-15(23-14)24(21,22)18-2/h3-6,9-10,13,16,18H,7-8H2,1-2H3,(H,19,20)/t16-/m0/s1. The van der Waals surface area contributed by atoms with E-state index < -0.39 is 15.9 Å². The monoisotopic (exact) mass is 348 g/mol. The smallest absolute Gasteiger partial charge is 0.287 e. The highest BCUT2D eigenvalue weighted by molar-refractivity contribution is 7.89. The highest BCUT2D eigenvalue weighted by atomic mass is 32.2. The number of carbonyl (C=O) groups is 1. The van der Waals surface area contributed by atoms with Gasteiger partial charge in [-0.25, -0.2) is 13.1 Å². The fourth-order valence-corrected chi connectivity index (χ4v) is 3.22. The van der Waals surface area contributed by atoms with E-state index in [0.29, 0.717) is 5.92 Å². The molecule has 1 amide bonds. The van der Waals surface area contributed by atoms with E-state index in [2.05, 4.69) is 10.0 Å². The quantitative estimate of drug-likeness (QED) is 0.839. The van der Waals surface area contributed by atoms with Gasteiger partial charge in [0.2, 0.25) is 5.09 Å². The van der Waals surface area contributed by atoms with Crippen LogP contribution in [0.3, 0.4) is 0 Å². The second-order valence-electron chi connectivity index (χ2n) is 6.03. The van der Waals surface area contributed by atoms with Gasteiger partial charge in [0.25, 0.3) is 15.9 Å². The summed E-state index contributed by atoms with van der Waals surface area (Å²) in [4.78, 5) is 12.4. The Kier molecular flexibility index (Phi) is 4.47. The second-order valence-corrected chi connectivity index (χ2v) is 7.84. The fourth-order valence-electron chi connectivity index (χ4n) is 2.58. The fraction of sp³-hybridized carbons (Fsp3) is 0.353. The number of hydrogen-bond acceptors (Lipinski definition) is 4. The summed E-state index contributed by atoms with van der Waals surface area (Å²) in [5.41, 5.74) is 2.21. The molecule has 1 fully saturated rings. The van der Waals surface area contributed by atoms with E-state index in [0.717, 1.165) is 24.0 Å². The van der Waals surface area contributed by atoms with Gasteiger partial charge in [-0.15, -0.1) is 0 Å². The van der Waals surface area contributed by atoms with Gasteiger partial charge in [0, 0.05) is 0 Å². The Balaban J connectivity index is 1.78. The minimum absolute atomic E-state index is 0.0124. The van der Waals surface area contributed by atoms with Gasteiger partial charge in [0.05, 0.1) is 6.04 Å². The van der Waals surface area contributed by atoms with Gasteiger partial charge in [0.15, 0.2) is 5.76 Å². The third-order valence-corrected chi connectivity index (χ3v) is 5.44. The van der Waals surface area contributed by atoms with E-state index in [4.69, 9.17) is 4.42 Å². The molecular weight excluding hydrogens is 328 g/mol. The number of carbonyl (C=O) groups excluding carboxylic acids is 1. The number of hydrogen-bond donors (Lipinski definition) is 2. The molecule has 0 spiro atoms. The Hall–Kier alpha value is -2.12. The van der Waals surface area contributed by atoms with Crippen molar-refractivity contribution in [1.29, 1.82) is 0 Å². The van der Waals surface area contributed by atoms with E-state index in [1.807, 2.05) is 31.2 Å². The molecule has 2 aromatic rings. The van der Waals surface area contributed by atoms with E-state index in [-0.39, 0.29) is 16.9 Å². The van der Waals surface area contributed by atoms with Crippen molar-refractivity contribution in [2.45, 2.75) is 30.9 Å². The molecule has 1 atom stereocenters. The van der Waals surface area contributed by atoms with Gasteiger partial charge in [-0.3, -0.25) is 4.79 Å². The Labute approximate surface area is 141 Å². The summed E-state index contributed by atoms with van der Waals surface area (Å²) >= 11 is 0. The summed E-state index contributed by atoms with van der Waals surface area (Å²) < 4.78 is 30.7. The number of nitrogens with one attached hydrogen (secondary N) is 2. The lowest BCUT2D eigenvalue weighted by molar-refractivity contribution is 0.0898. The summed E-state index contributed by atoms with van der Waals surface area (Å²) in [6.07, 6.45) is 2.13. The zero-order chi connectivity index (χ0) is 17.3. The van der Waals surface area contributed by atoms with Crippen molar-refractivity contribution in [3.63, 3.8) is 0 Å². The van der Waals surface area contributed by atoms with Crippen LogP contribution >= 0.6 is 0 Å². The summed E-state index contributed by atoms with van der Waals surface area (Å²) in [5, 5.41) is 2.70. The van der Waals surface area contributed by atoms with Crippen LogP contribution < -0.4 is 10.0 Å². The molecule has 1 aliphatic carbocycles. The first kappa shape index (κ1) is 16.7. The lowest BCUT2D eigenvalue weighted by Crippen LogP contribution is -2.29. The highest BCUT2D eigenvalue weighted by Gasteiger charge is 2.34. The molecule has 128 valence electrons. The zero-order valence-corrected chi connectivity index (χ0v) is 14.4. The van der Waals surface area contributed by atoms with Gasteiger partial charge in [-0.2, -0.15) is 0 Å². The molecule has 0 unspecified atom stereocenters. The van der Waals surface area contributed by atoms with Gasteiger partial charge in [-0.05, 0) is 50.4 Å². The van der Waals surface area contributed by atoms with Crippen LogP contribution in [-0.4, -0.2) is 21.4 Å². The predicted octanol–water partition coefficient (Wildman–Crippen LogP) is 2.38. The van der Waals surface area contributed by atoms with Gasteiger partial charge >= 0.3 is 0 Å². The topological polar surface area (TPSA) is 88.4 Å². The van der Waals surface area contributed by atoms with Crippen molar-refractivity contribution in [2.75, 3.05) is 7.05 Å². The van der Waals surface area contributed by atoms with Crippen molar-refractivity contribution < 1.29 is 17.6 Å². The molecule has 1 saturated carbocycles. The molecule has 0 aliphatic heterocycles.